The van der Waals surface area contributed by atoms with E-state index in [9.17, 15) is 18.8 Å². The van der Waals surface area contributed by atoms with Crippen molar-refractivity contribution in [1.82, 2.24) is 4.98 Å². The number of methoxy groups -OCH3 is 1. The van der Waals surface area contributed by atoms with Gasteiger partial charge in [-0.3, -0.25) is 4.79 Å². The van der Waals surface area contributed by atoms with E-state index in [2.05, 4.69) is 9.72 Å². The van der Waals surface area contributed by atoms with Gasteiger partial charge in [0.2, 0.25) is 0 Å². The Kier molecular flexibility index (Phi) is 6.52. The average molecular weight is 378 g/mol. The van der Waals surface area contributed by atoms with E-state index in [1.54, 1.807) is 19.1 Å². The first-order chi connectivity index (χ1) is 12.3. The molecular formula is C18H16F2N2O3S. The van der Waals surface area contributed by atoms with Crippen LogP contribution in [0.2, 0.25) is 0 Å². The normalized spacial score (nSPS) is 10.5. The van der Waals surface area contributed by atoms with Gasteiger partial charge in [0.05, 0.1) is 12.7 Å². The summed E-state index contributed by atoms with van der Waals surface area (Å²) >= 11 is 1.31. The van der Waals surface area contributed by atoms with Crippen LogP contribution in [-0.2, 0) is 5.75 Å². The molecule has 8 heteroatoms. The predicted octanol–water partition coefficient (Wildman–Crippen LogP) is 4.37. The lowest BCUT2D eigenvalue weighted by Gasteiger charge is -2.12. The summed E-state index contributed by atoms with van der Waals surface area (Å²) in [5.41, 5.74) is 2.07. The molecule has 1 aromatic carbocycles. The molecule has 0 unspecified atom stereocenters. The SMILES string of the molecule is COc1cc(CSc2nc(C)c(C(C)=O)cc2C#N)ccc1OC(F)F. The van der Waals surface area contributed by atoms with E-state index in [4.69, 9.17) is 4.74 Å². The van der Waals surface area contributed by atoms with Crippen LogP contribution in [0.3, 0.4) is 0 Å². The first-order valence-electron chi connectivity index (χ1n) is 7.53. The molecule has 2 aromatic rings. The molecule has 0 aliphatic heterocycles. The summed E-state index contributed by atoms with van der Waals surface area (Å²) in [5.74, 6) is 0.433. The Morgan fingerprint density at radius 1 is 1.35 bits per heavy atom. The summed E-state index contributed by atoms with van der Waals surface area (Å²) < 4.78 is 34.2. The zero-order valence-corrected chi connectivity index (χ0v) is 15.2. The second-order valence-corrected chi connectivity index (χ2v) is 6.26. The molecule has 0 amide bonds. The van der Waals surface area contributed by atoms with Gasteiger partial charge in [-0.15, -0.1) is 11.8 Å². The smallest absolute Gasteiger partial charge is 0.387 e. The Morgan fingerprint density at radius 2 is 2.08 bits per heavy atom. The Morgan fingerprint density at radius 3 is 2.65 bits per heavy atom. The number of benzene rings is 1. The van der Waals surface area contributed by atoms with Crippen molar-refractivity contribution in [3.8, 4) is 17.6 Å². The van der Waals surface area contributed by atoms with Gasteiger partial charge in [-0.25, -0.2) is 4.98 Å². The van der Waals surface area contributed by atoms with Crippen LogP contribution < -0.4 is 9.47 Å². The Bertz CT molecular complexity index is 866. The van der Waals surface area contributed by atoms with E-state index in [0.717, 1.165) is 5.56 Å². The van der Waals surface area contributed by atoms with Crippen molar-refractivity contribution in [2.24, 2.45) is 0 Å². The Balaban J connectivity index is 2.22. The number of hydrogen-bond acceptors (Lipinski definition) is 6. The maximum absolute atomic E-state index is 12.4. The van der Waals surface area contributed by atoms with Crippen LogP contribution in [0.15, 0.2) is 29.3 Å². The van der Waals surface area contributed by atoms with Crippen LogP contribution in [0.4, 0.5) is 8.78 Å². The third kappa shape index (κ3) is 4.70. The number of aryl methyl sites for hydroxylation is 1. The zero-order valence-electron chi connectivity index (χ0n) is 14.4. The summed E-state index contributed by atoms with van der Waals surface area (Å²) in [4.78, 5) is 15.9. The fraction of sp³-hybridized carbons (Fsp3) is 0.278. The minimum Gasteiger partial charge on any atom is -0.493 e. The lowest BCUT2D eigenvalue weighted by atomic mass is 10.1. The van der Waals surface area contributed by atoms with Crippen molar-refractivity contribution in [3.63, 3.8) is 0 Å². The number of alkyl halides is 2. The third-order valence-electron chi connectivity index (χ3n) is 3.50. The molecule has 1 aromatic heterocycles. The van der Waals surface area contributed by atoms with Crippen molar-refractivity contribution in [3.05, 3.63) is 46.6 Å². The number of hydrogen-bond donors (Lipinski definition) is 0. The van der Waals surface area contributed by atoms with E-state index in [1.165, 1.54) is 37.9 Å². The molecule has 0 fully saturated rings. The van der Waals surface area contributed by atoms with Crippen LogP contribution >= 0.6 is 11.8 Å². The lowest BCUT2D eigenvalue weighted by molar-refractivity contribution is -0.0512. The molecule has 0 aliphatic carbocycles. The van der Waals surface area contributed by atoms with Gasteiger partial charge >= 0.3 is 6.61 Å². The number of nitrogens with zero attached hydrogens (tertiary/aromatic N) is 2. The van der Waals surface area contributed by atoms with Gasteiger partial charge in [0.1, 0.15) is 11.1 Å². The molecule has 136 valence electrons. The lowest BCUT2D eigenvalue weighted by Crippen LogP contribution is -2.04. The van der Waals surface area contributed by atoms with Gasteiger partial charge in [-0.05, 0) is 37.6 Å². The summed E-state index contributed by atoms with van der Waals surface area (Å²) in [6, 6.07) is 8.21. The summed E-state index contributed by atoms with van der Waals surface area (Å²) in [6.45, 7) is 0.198. The maximum atomic E-state index is 12.4. The van der Waals surface area contributed by atoms with Crippen LogP contribution in [0.1, 0.15) is 34.1 Å². The highest BCUT2D eigenvalue weighted by atomic mass is 32.2. The number of Topliss-reactive ketones (excluding diaryl/α,β-unsaturated/α-hetero) is 1. The molecule has 0 N–H and O–H groups in total. The van der Waals surface area contributed by atoms with E-state index in [1.807, 2.05) is 6.07 Å². The maximum Gasteiger partial charge on any atom is 0.387 e. The van der Waals surface area contributed by atoms with Crippen molar-refractivity contribution in [1.29, 1.82) is 5.26 Å². The second-order valence-electron chi connectivity index (χ2n) is 5.29. The predicted molar refractivity (Wildman–Crippen MR) is 92.9 cm³/mol. The number of nitriles is 1. The van der Waals surface area contributed by atoms with E-state index in [0.29, 0.717) is 27.6 Å². The van der Waals surface area contributed by atoms with Crippen LogP contribution in [-0.4, -0.2) is 24.5 Å². The second kappa shape index (κ2) is 8.63. The summed E-state index contributed by atoms with van der Waals surface area (Å²) in [5, 5.41) is 9.79. The van der Waals surface area contributed by atoms with Crippen LogP contribution in [0, 0.1) is 18.3 Å². The Labute approximate surface area is 153 Å². The van der Waals surface area contributed by atoms with Crippen molar-refractivity contribution in [2.75, 3.05) is 7.11 Å². The monoisotopic (exact) mass is 378 g/mol. The van der Waals surface area contributed by atoms with E-state index < -0.39 is 6.61 Å². The third-order valence-corrected chi connectivity index (χ3v) is 4.56. The van der Waals surface area contributed by atoms with Crippen LogP contribution in [0.25, 0.3) is 0 Å². The van der Waals surface area contributed by atoms with Crippen molar-refractivity contribution in [2.45, 2.75) is 31.2 Å². The number of ketones is 1. The van der Waals surface area contributed by atoms with E-state index >= 15 is 0 Å². The highest BCUT2D eigenvalue weighted by molar-refractivity contribution is 7.98. The molecule has 2 rings (SSSR count). The van der Waals surface area contributed by atoms with Gasteiger partial charge in [-0.2, -0.15) is 14.0 Å². The van der Waals surface area contributed by atoms with Crippen molar-refractivity contribution < 1.29 is 23.0 Å². The van der Waals surface area contributed by atoms with Crippen LogP contribution in [0.5, 0.6) is 11.5 Å². The first-order valence-corrected chi connectivity index (χ1v) is 8.51. The zero-order chi connectivity index (χ0) is 19.3. The minimum absolute atomic E-state index is 0.0475. The van der Waals surface area contributed by atoms with Gasteiger partial charge in [0.25, 0.3) is 0 Å². The van der Waals surface area contributed by atoms with Crippen molar-refractivity contribution >= 4 is 17.5 Å². The molecule has 0 spiro atoms. The average Bonchev–Trinajstić information content (AvgIpc) is 2.60. The number of thioether (sulfide) groups is 1. The first kappa shape index (κ1) is 19.7. The largest absolute Gasteiger partial charge is 0.493 e. The fourth-order valence-electron chi connectivity index (χ4n) is 2.28. The van der Waals surface area contributed by atoms with Gasteiger partial charge in [-0.1, -0.05) is 6.07 Å². The number of carbonyl (C=O) groups is 1. The number of carbonyl (C=O) groups excluding carboxylic acids is 1. The molecule has 0 bridgehead atoms. The molecule has 0 atom stereocenters. The number of halogens is 2. The highest BCUT2D eigenvalue weighted by Crippen LogP contribution is 2.32. The van der Waals surface area contributed by atoms with Gasteiger partial charge < -0.3 is 9.47 Å². The van der Waals surface area contributed by atoms with Gasteiger partial charge in [0, 0.05) is 17.0 Å². The molecule has 0 radical (unpaired) electrons. The Hall–Kier alpha value is -2.66. The van der Waals surface area contributed by atoms with E-state index in [-0.39, 0.29) is 17.3 Å². The molecule has 0 aliphatic rings. The molecule has 26 heavy (non-hydrogen) atoms. The molecular weight excluding hydrogens is 362 g/mol. The summed E-state index contributed by atoms with van der Waals surface area (Å²) in [6.07, 6.45) is 0. The standard InChI is InChI=1S/C18H16F2N2O3S/c1-10-14(11(2)23)7-13(8-21)17(22-10)26-9-12-4-5-15(25-18(19)20)16(6-12)24-3/h4-7,18H,9H2,1-3H3. The topological polar surface area (TPSA) is 72.2 Å². The molecule has 1 heterocycles. The number of rotatable bonds is 7. The molecule has 0 saturated carbocycles. The quantitative estimate of drug-likeness (QED) is 0.526. The fourth-order valence-corrected chi connectivity index (χ4v) is 3.22. The number of aromatic nitrogens is 1. The van der Waals surface area contributed by atoms with Gasteiger partial charge in [0.15, 0.2) is 17.3 Å². The number of pyridine rings is 1. The molecule has 0 saturated heterocycles. The number of ether oxygens (including phenoxy) is 2. The highest BCUT2D eigenvalue weighted by Gasteiger charge is 2.14. The molecule has 5 nitrogen and oxygen atoms in total. The minimum atomic E-state index is -2.94. The summed E-state index contributed by atoms with van der Waals surface area (Å²) in [7, 11) is 1.36.